The van der Waals surface area contributed by atoms with Gasteiger partial charge < -0.3 is 20.5 Å². The Bertz CT molecular complexity index is 863. The molecular formula is C21H24N2O5. The number of nitrogens with one attached hydrogen (secondary N) is 2. The van der Waals surface area contributed by atoms with E-state index in [1.807, 2.05) is 13.8 Å². The van der Waals surface area contributed by atoms with Crippen LogP contribution >= 0.6 is 0 Å². The zero-order valence-corrected chi connectivity index (χ0v) is 16.1. The van der Waals surface area contributed by atoms with Gasteiger partial charge in [-0.3, -0.25) is 14.4 Å². The number of amides is 2. The molecule has 0 bridgehead atoms. The number of benzene rings is 2. The fourth-order valence-electron chi connectivity index (χ4n) is 2.74. The number of aliphatic carboxylic acids is 1. The second-order valence-corrected chi connectivity index (χ2v) is 6.66. The molecule has 0 aliphatic heterocycles. The van der Waals surface area contributed by atoms with Gasteiger partial charge >= 0.3 is 5.97 Å². The molecule has 0 aromatic heterocycles. The van der Waals surface area contributed by atoms with Crippen LogP contribution in [0.1, 0.15) is 29.8 Å². The predicted molar refractivity (Wildman–Crippen MR) is 105 cm³/mol. The third kappa shape index (κ3) is 5.57. The summed E-state index contributed by atoms with van der Waals surface area (Å²) in [6.45, 7) is 3.65. The molecule has 148 valence electrons. The van der Waals surface area contributed by atoms with Crippen LogP contribution in [0.2, 0.25) is 0 Å². The number of carbonyl (C=O) groups excluding carboxylic acids is 2. The summed E-state index contributed by atoms with van der Waals surface area (Å²) in [5, 5.41) is 14.4. The van der Waals surface area contributed by atoms with E-state index in [1.165, 1.54) is 7.11 Å². The molecule has 0 fully saturated rings. The minimum absolute atomic E-state index is 0.137. The number of carboxylic acids is 1. The molecule has 0 saturated heterocycles. The summed E-state index contributed by atoms with van der Waals surface area (Å²) in [4.78, 5) is 36.2. The fraction of sp³-hybridized carbons (Fsp3) is 0.286. The van der Waals surface area contributed by atoms with E-state index in [2.05, 4.69) is 10.6 Å². The van der Waals surface area contributed by atoms with Crippen LogP contribution in [0.25, 0.3) is 0 Å². The Morgan fingerprint density at radius 1 is 1.07 bits per heavy atom. The summed E-state index contributed by atoms with van der Waals surface area (Å²) < 4.78 is 5.20. The highest BCUT2D eigenvalue weighted by molar-refractivity contribution is 6.02. The van der Waals surface area contributed by atoms with E-state index in [0.29, 0.717) is 22.6 Å². The van der Waals surface area contributed by atoms with Gasteiger partial charge in [0.15, 0.2) is 0 Å². The number of anilines is 1. The van der Waals surface area contributed by atoms with Crippen molar-refractivity contribution >= 4 is 23.5 Å². The monoisotopic (exact) mass is 384 g/mol. The number of rotatable bonds is 8. The van der Waals surface area contributed by atoms with Crippen molar-refractivity contribution in [2.45, 2.75) is 26.3 Å². The van der Waals surface area contributed by atoms with Crippen molar-refractivity contribution < 1.29 is 24.2 Å². The van der Waals surface area contributed by atoms with Gasteiger partial charge in [-0.2, -0.15) is 0 Å². The molecule has 28 heavy (non-hydrogen) atoms. The summed E-state index contributed by atoms with van der Waals surface area (Å²) in [6.07, 6.45) is -0.137. The van der Waals surface area contributed by atoms with Crippen molar-refractivity contribution in [3.8, 4) is 5.75 Å². The summed E-state index contributed by atoms with van der Waals surface area (Å²) in [6, 6.07) is 12.6. The Morgan fingerprint density at radius 3 is 2.43 bits per heavy atom. The number of carbonyl (C=O) groups is 3. The molecule has 2 rings (SSSR count). The SMILES string of the molecule is COc1ccccc1C(=O)NC(C(=O)Nc1cccc(CC(=O)O)c1)C(C)C. The number of methoxy groups -OCH3 is 1. The van der Waals surface area contributed by atoms with Crippen molar-refractivity contribution in [2.24, 2.45) is 5.92 Å². The maximum Gasteiger partial charge on any atom is 0.307 e. The van der Waals surface area contributed by atoms with Gasteiger partial charge in [-0.05, 0) is 35.7 Å². The first-order valence-corrected chi connectivity index (χ1v) is 8.87. The number of ether oxygens (including phenoxy) is 1. The smallest absolute Gasteiger partial charge is 0.307 e. The molecule has 0 aliphatic carbocycles. The van der Waals surface area contributed by atoms with Crippen LogP contribution in [-0.2, 0) is 16.0 Å². The van der Waals surface area contributed by atoms with Gasteiger partial charge in [0.1, 0.15) is 11.8 Å². The van der Waals surface area contributed by atoms with Crippen molar-refractivity contribution in [1.82, 2.24) is 5.32 Å². The van der Waals surface area contributed by atoms with E-state index in [1.54, 1.807) is 48.5 Å². The van der Waals surface area contributed by atoms with Gasteiger partial charge in [0.25, 0.3) is 5.91 Å². The molecule has 0 spiro atoms. The van der Waals surface area contributed by atoms with Crippen LogP contribution < -0.4 is 15.4 Å². The lowest BCUT2D eigenvalue weighted by atomic mass is 10.0. The molecule has 0 saturated carbocycles. The van der Waals surface area contributed by atoms with Crippen molar-refractivity contribution in [3.63, 3.8) is 0 Å². The number of carboxylic acid groups (broad SMARTS) is 1. The number of hydrogen-bond donors (Lipinski definition) is 3. The minimum atomic E-state index is -0.951. The van der Waals surface area contributed by atoms with Crippen molar-refractivity contribution in [3.05, 3.63) is 59.7 Å². The lowest BCUT2D eigenvalue weighted by Gasteiger charge is -2.22. The van der Waals surface area contributed by atoms with Crippen molar-refractivity contribution in [1.29, 1.82) is 0 Å². The molecule has 3 N–H and O–H groups in total. The Balaban J connectivity index is 2.14. The van der Waals surface area contributed by atoms with E-state index >= 15 is 0 Å². The Morgan fingerprint density at radius 2 is 1.79 bits per heavy atom. The maximum absolute atomic E-state index is 12.7. The molecule has 7 heteroatoms. The van der Waals surface area contributed by atoms with Crippen LogP contribution in [0, 0.1) is 5.92 Å². The third-order valence-corrected chi connectivity index (χ3v) is 4.14. The molecule has 0 radical (unpaired) electrons. The standard InChI is InChI=1S/C21H24N2O5/c1-13(2)19(23-20(26)16-9-4-5-10-17(16)28-3)21(27)22-15-8-6-7-14(11-15)12-18(24)25/h4-11,13,19H,12H2,1-3H3,(H,22,27)(H,23,26)(H,24,25). The molecule has 2 aromatic rings. The molecular weight excluding hydrogens is 360 g/mol. The Hall–Kier alpha value is -3.35. The average molecular weight is 384 g/mol. The molecule has 0 heterocycles. The molecule has 1 unspecified atom stereocenters. The highest BCUT2D eigenvalue weighted by Gasteiger charge is 2.26. The quantitative estimate of drug-likeness (QED) is 0.649. The summed E-state index contributed by atoms with van der Waals surface area (Å²) in [5.41, 5.74) is 1.39. The Labute approximate surface area is 163 Å². The zero-order chi connectivity index (χ0) is 20.7. The summed E-state index contributed by atoms with van der Waals surface area (Å²) in [5.74, 6) is -1.49. The minimum Gasteiger partial charge on any atom is -0.496 e. The third-order valence-electron chi connectivity index (χ3n) is 4.14. The zero-order valence-electron chi connectivity index (χ0n) is 16.1. The Kier molecular flexibility index (Phi) is 7.14. The van der Waals surface area contributed by atoms with E-state index in [4.69, 9.17) is 9.84 Å². The topological polar surface area (TPSA) is 105 Å². The van der Waals surface area contributed by atoms with Gasteiger partial charge in [-0.25, -0.2) is 0 Å². The predicted octanol–water partition coefficient (Wildman–Crippen LogP) is 2.72. The molecule has 0 aliphatic rings. The van der Waals surface area contributed by atoms with Crippen LogP contribution in [0.4, 0.5) is 5.69 Å². The van der Waals surface area contributed by atoms with Crippen LogP contribution in [0.3, 0.4) is 0 Å². The van der Waals surface area contributed by atoms with Crippen LogP contribution in [0.5, 0.6) is 5.75 Å². The molecule has 2 amide bonds. The highest BCUT2D eigenvalue weighted by Crippen LogP contribution is 2.18. The highest BCUT2D eigenvalue weighted by atomic mass is 16.5. The number of hydrogen-bond acceptors (Lipinski definition) is 4. The second kappa shape index (κ2) is 9.55. The van der Waals surface area contributed by atoms with Gasteiger partial charge in [0.05, 0.1) is 19.1 Å². The lowest BCUT2D eigenvalue weighted by molar-refractivity contribution is -0.136. The molecule has 2 aromatic carbocycles. The average Bonchev–Trinajstić information content (AvgIpc) is 2.65. The fourth-order valence-corrected chi connectivity index (χ4v) is 2.74. The van der Waals surface area contributed by atoms with E-state index in [-0.39, 0.29) is 18.2 Å². The first-order valence-electron chi connectivity index (χ1n) is 8.87. The molecule has 7 nitrogen and oxygen atoms in total. The first kappa shape index (κ1) is 21.0. The lowest BCUT2D eigenvalue weighted by Crippen LogP contribution is -2.47. The van der Waals surface area contributed by atoms with E-state index in [9.17, 15) is 14.4 Å². The number of para-hydroxylation sites is 1. The normalized spacial score (nSPS) is 11.6. The molecule has 1 atom stereocenters. The largest absolute Gasteiger partial charge is 0.496 e. The van der Waals surface area contributed by atoms with Gasteiger partial charge in [-0.1, -0.05) is 38.1 Å². The van der Waals surface area contributed by atoms with Gasteiger partial charge in [-0.15, -0.1) is 0 Å². The summed E-state index contributed by atoms with van der Waals surface area (Å²) in [7, 11) is 1.48. The maximum atomic E-state index is 12.7. The van der Waals surface area contributed by atoms with Crippen LogP contribution in [0.15, 0.2) is 48.5 Å². The van der Waals surface area contributed by atoms with Crippen molar-refractivity contribution in [2.75, 3.05) is 12.4 Å². The van der Waals surface area contributed by atoms with Gasteiger partial charge in [0, 0.05) is 5.69 Å². The van der Waals surface area contributed by atoms with E-state index < -0.39 is 17.9 Å². The summed E-state index contributed by atoms with van der Waals surface area (Å²) >= 11 is 0. The van der Waals surface area contributed by atoms with Crippen LogP contribution in [-0.4, -0.2) is 36.0 Å². The van der Waals surface area contributed by atoms with Gasteiger partial charge in [0.2, 0.25) is 5.91 Å². The van der Waals surface area contributed by atoms with E-state index in [0.717, 1.165) is 0 Å². The second-order valence-electron chi connectivity index (χ2n) is 6.66. The first-order chi connectivity index (χ1) is 13.3.